The van der Waals surface area contributed by atoms with Crippen LogP contribution in [0.5, 0.6) is 0 Å². The number of benzene rings is 2. The quantitative estimate of drug-likeness (QED) is 0.608. The Bertz CT molecular complexity index is 980. The number of aryl methyl sites for hydroxylation is 1. The van der Waals surface area contributed by atoms with Crippen LogP contribution in [0.3, 0.4) is 0 Å². The Morgan fingerprint density at radius 1 is 1.07 bits per heavy atom. The van der Waals surface area contributed by atoms with Crippen LogP contribution >= 0.6 is 23.2 Å². The Morgan fingerprint density at radius 3 is 2.50 bits per heavy atom. The summed E-state index contributed by atoms with van der Waals surface area (Å²) in [5.41, 5.74) is 1.21. The average Bonchev–Trinajstić information content (AvgIpc) is 2.63. The Kier molecular flexibility index (Phi) is 7.82. The van der Waals surface area contributed by atoms with E-state index in [1.165, 1.54) is 24.3 Å². The first-order valence-corrected chi connectivity index (χ1v) is 10.4. The highest BCUT2D eigenvalue weighted by atomic mass is 35.5. The molecule has 0 saturated carbocycles. The second-order valence-corrected chi connectivity index (χ2v) is 8.38. The minimum atomic E-state index is -3.72. The lowest BCUT2D eigenvalue weighted by Crippen LogP contribution is -2.28. The Balaban J connectivity index is 1.75. The summed E-state index contributed by atoms with van der Waals surface area (Å²) in [4.78, 5) is 23.6. The molecule has 0 bridgehead atoms. The number of sulfonamides is 1. The number of nitrogens with one attached hydrogen (secondary N) is 2. The zero-order valence-electron chi connectivity index (χ0n) is 14.9. The van der Waals surface area contributed by atoms with Gasteiger partial charge in [-0.2, -0.15) is 0 Å². The van der Waals surface area contributed by atoms with Gasteiger partial charge >= 0.3 is 5.97 Å². The van der Waals surface area contributed by atoms with E-state index in [0.717, 1.165) is 5.56 Å². The van der Waals surface area contributed by atoms with E-state index in [1.54, 1.807) is 25.1 Å². The maximum atomic E-state index is 12.1. The molecule has 7 nitrogen and oxygen atoms in total. The van der Waals surface area contributed by atoms with Crippen LogP contribution < -0.4 is 10.0 Å². The van der Waals surface area contributed by atoms with Crippen LogP contribution in [-0.4, -0.2) is 33.4 Å². The molecule has 10 heteroatoms. The van der Waals surface area contributed by atoms with Gasteiger partial charge in [-0.15, -0.1) is 0 Å². The highest BCUT2D eigenvalue weighted by molar-refractivity contribution is 7.89. The maximum absolute atomic E-state index is 12.1. The molecule has 1 amide bonds. The zero-order valence-corrected chi connectivity index (χ0v) is 17.2. The van der Waals surface area contributed by atoms with E-state index in [1.807, 2.05) is 0 Å². The third-order valence-corrected chi connectivity index (χ3v) is 5.69. The molecule has 0 fully saturated rings. The fourth-order valence-corrected chi connectivity index (χ4v) is 3.58. The highest BCUT2D eigenvalue weighted by Gasteiger charge is 2.15. The predicted octanol–water partition coefficient (Wildman–Crippen LogP) is 3.15. The van der Waals surface area contributed by atoms with Crippen LogP contribution in [0.15, 0.2) is 47.4 Å². The van der Waals surface area contributed by atoms with E-state index in [4.69, 9.17) is 27.9 Å². The third kappa shape index (κ3) is 6.79. The molecule has 0 heterocycles. The van der Waals surface area contributed by atoms with Crippen molar-refractivity contribution in [3.8, 4) is 0 Å². The van der Waals surface area contributed by atoms with Gasteiger partial charge in [0.2, 0.25) is 10.0 Å². The van der Waals surface area contributed by atoms with Crippen molar-refractivity contribution in [1.29, 1.82) is 0 Å². The molecule has 0 aliphatic rings. The molecule has 150 valence electrons. The summed E-state index contributed by atoms with van der Waals surface area (Å²) in [5.74, 6) is -1.27. The van der Waals surface area contributed by atoms with Crippen molar-refractivity contribution in [3.63, 3.8) is 0 Å². The second-order valence-electron chi connectivity index (χ2n) is 5.80. The SMILES string of the molecule is Cc1cccc(S(=O)(=O)NCCC(=O)OCC(=O)Nc2ccc(Cl)c(Cl)c2)c1. The van der Waals surface area contributed by atoms with E-state index in [2.05, 4.69) is 10.0 Å². The van der Waals surface area contributed by atoms with Gasteiger partial charge in [0.1, 0.15) is 0 Å². The molecule has 0 unspecified atom stereocenters. The fourth-order valence-electron chi connectivity index (χ4n) is 2.14. The second kappa shape index (κ2) is 9.88. The van der Waals surface area contributed by atoms with Gasteiger partial charge in [-0.05, 0) is 42.8 Å². The van der Waals surface area contributed by atoms with Crippen LogP contribution in [0.1, 0.15) is 12.0 Å². The molecule has 2 rings (SSSR count). The lowest BCUT2D eigenvalue weighted by molar-refractivity contribution is -0.147. The molecule has 0 atom stereocenters. The number of carbonyl (C=O) groups is 2. The number of hydrogen-bond acceptors (Lipinski definition) is 5. The van der Waals surface area contributed by atoms with E-state index in [9.17, 15) is 18.0 Å². The van der Waals surface area contributed by atoms with E-state index in [-0.39, 0.29) is 22.9 Å². The largest absolute Gasteiger partial charge is 0.456 e. The van der Waals surface area contributed by atoms with Gasteiger partial charge in [0.25, 0.3) is 5.91 Å². The molecule has 0 aromatic heterocycles. The molecule has 0 spiro atoms. The Hall–Kier alpha value is -2.13. The number of halogens is 2. The first kappa shape index (κ1) is 22.2. The number of anilines is 1. The van der Waals surface area contributed by atoms with Crippen LogP contribution in [0.25, 0.3) is 0 Å². The monoisotopic (exact) mass is 444 g/mol. The minimum absolute atomic E-state index is 0.113. The van der Waals surface area contributed by atoms with Crippen molar-refractivity contribution in [2.75, 3.05) is 18.5 Å². The maximum Gasteiger partial charge on any atom is 0.307 e. The van der Waals surface area contributed by atoms with Crippen molar-refractivity contribution >= 4 is 50.8 Å². The zero-order chi connectivity index (χ0) is 20.7. The predicted molar refractivity (Wildman–Crippen MR) is 107 cm³/mol. The van der Waals surface area contributed by atoms with Gasteiger partial charge in [0.15, 0.2) is 6.61 Å². The number of amides is 1. The summed E-state index contributed by atoms with van der Waals surface area (Å²) in [6, 6.07) is 10.9. The molecule has 0 saturated heterocycles. The number of ether oxygens (including phenoxy) is 1. The summed E-state index contributed by atoms with van der Waals surface area (Å²) in [6.07, 6.45) is -0.217. The summed E-state index contributed by atoms with van der Waals surface area (Å²) in [5, 5.41) is 3.12. The number of hydrogen-bond donors (Lipinski definition) is 2. The topological polar surface area (TPSA) is 102 Å². The molecule has 2 aromatic rings. The molecule has 2 N–H and O–H groups in total. The van der Waals surface area contributed by atoms with Crippen molar-refractivity contribution in [1.82, 2.24) is 4.72 Å². The van der Waals surface area contributed by atoms with Crippen molar-refractivity contribution in [3.05, 3.63) is 58.1 Å². The first-order valence-electron chi connectivity index (χ1n) is 8.14. The lowest BCUT2D eigenvalue weighted by atomic mass is 10.2. The fraction of sp³-hybridized carbons (Fsp3) is 0.222. The molecule has 0 aliphatic carbocycles. The van der Waals surface area contributed by atoms with Gasteiger partial charge in [-0.25, -0.2) is 13.1 Å². The van der Waals surface area contributed by atoms with Crippen molar-refractivity contribution in [2.45, 2.75) is 18.2 Å². The Labute approximate surface area is 173 Å². The summed E-state index contributed by atoms with van der Waals surface area (Å²) >= 11 is 11.6. The molecule has 0 radical (unpaired) electrons. The summed E-state index contributed by atoms with van der Waals surface area (Å²) in [6.45, 7) is 1.12. The van der Waals surface area contributed by atoms with E-state index < -0.39 is 28.5 Å². The first-order chi connectivity index (χ1) is 13.2. The van der Waals surface area contributed by atoms with E-state index in [0.29, 0.717) is 10.7 Å². The van der Waals surface area contributed by atoms with Gasteiger partial charge in [-0.1, -0.05) is 35.3 Å². The molecule has 2 aromatic carbocycles. The Morgan fingerprint density at radius 2 is 1.82 bits per heavy atom. The summed E-state index contributed by atoms with van der Waals surface area (Å²) < 4.78 is 31.4. The standard InChI is InChI=1S/C18H18Cl2N2O5S/c1-12-3-2-4-14(9-12)28(25,26)21-8-7-18(24)27-11-17(23)22-13-5-6-15(19)16(20)10-13/h2-6,9-10,21H,7-8,11H2,1H3,(H,22,23). The van der Waals surface area contributed by atoms with Gasteiger partial charge in [0, 0.05) is 12.2 Å². The lowest BCUT2D eigenvalue weighted by Gasteiger charge is -2.09. The van der Waals surface area contributed by atoms with Gasteiger partial charge in [-0.3, -0.25) is 9.59 Å². The number of rotatable bonds is 8. The van der Waals surface area contributed by atoms with Gasteiger partial charge < -0.3 is 10.1 Å². The normalized spacial score (nSPS) is 11.1. The van der Waals surface area contributed by atoms with Crippen LogP contribution in [0.4, 0.5) is 5.69 Å². The third-order valence-electron chi connectivity index (χ3n) is 3.49. The molecular formula is C18H18Cl2N2O5S. The van der Waals surface area contributed by atoms with Crippen LogP contribution in [0.2, 0.25) is 10.0 Å². The average molecular weight is 445 g/mol. The van der Waals surface area contributed by atoms with Gasteiger partial charge in [0.05, 0.1) is 21.4 Å². The molecule has 0 aliphatic heterocycles. The van der Waals surface area contributed by atoms with Crippen molar-refractivity contribution in [2.24, 2.45) is 0 Å². The van der Waals surface area contributed by atoms with Crippen LogP contribution in [-0.2, 0) is 24.3 Å². The number of esters is 1. The highest BCUT2D eigenvalue weighted by Crippen LogP contribution is 2.24. The van der Waals surface area contributed by atoms with E-state index >= 15 is 0 Å². The molecular weight excluding hydrogens is 427 g/mol. The minimum Gasteiger partial charge on any atom is -0.456 e. The smallest absolute Gasteiger partial charge is 0.307 e. The molecule has 28 heavy (non-hydrogen) atoms. The summed E-state index contributed by atoms with van der Waals surface area (Å²) in [7, 11) is -3.72. The van der Waals surface area contributed by atoms with Crippen LogP contribution in [0, 0.1) is 6.92 Å². The number of carbonyl (C=O) groups excluding carboxylic acids is 2. The van der Waals surface area contributed by atoms with Crippen molar-refractivity contribution < 1.29 is 22.7 Å².